The highest BCUT2D eigenvalue weighted by Crippen LogP contribution is 2.46. The van der Waals surface area contributed by atoms with Crippen molar-refractivity contribution in [3.63, 3.8) is 0 Å². The molecule has 36 heavy (non-hydrogen) atoms. The Kier molecular flexibility index (Phi) is 7.33. The molecule has 182 valence electrons. The zero-order valence-electron chi connectivity index (χ0n) is 18.9. The van der Waals surface area contributed by atoms with Crippen molar-refractivity contribution in [2.24, 2.45) is 0 Å². The van der Waals surface area contributed by atoms with Crippen molar-refractivity contribution < 1.29 is 18.8 Å². The predicted molar refractivity (Wildman–Crippen MR) is 142 cm³/mol. The molecule has 0 spiro atoms. The van der Waals surface area contributed by atoms with E-state index in [0.29, 0.717) is 50.2 Å². The van der Waals surface area contributed by atoms with E-state index < -0.39 is 0 Å². The lowest BCUT2D eigenvalue weighted by Gasteiger charge is -2.10. The van der Waals surface area contributed by atoms with Crippen LogP contribution in [0.2, 0.25) is 15.1 Å². The Balaban J connectivity index is 1.33. The first kappa shape index (κ1) is 24.4. The van der Waals surface area contributed by atoms with Gasteiger partial charge in [-0.05, 0) is 66.4 Å². The molecular formula is C28H20Cl3NO4. The summed E-state index contributed by atoms with van der Waals surface area (Å²) >= 11 is 19.4. The van der Waals surface area contributed by atoms with Gasteiger partial charge >= 0.3 is 0 Å². The van der Waals surface area contributed by atoms with Crippen LogP contribution < -0.4 is 9.47 Å². The van der Waals surface area contributed by atoms with Crippen molar-refractivity contribution in [3.05, 3.63) is 98.2 Å². The Morgan fingerprint density at radius 3 is 2.31 bits per heavy atom. The molecule has 5 rings (SSSR count). The first-order valence-electron chi connectivity index (χ1n) is 11.3. The van der Waals surface area contributed by atoms with E-state index in [1.54, 1.807) is 36.4 Å². The fourth-order valence-electron chi connectivity index (χ4n) is 3.84. The summed E-state index contributed by atoms with van der Waals surface area (Å²) < 4.78 is 16.6. The topological polar surface area (TPSA) is 61.6 Å². The second-order valence-electron chi connectivity index (χ2n) is 8.33. The number of benzene rings is 3. The smallest absolute Gasteiger partial charge is 0.298 e. The number of halogens is 3. The van der Waals surface area contributed by atoms with Gasteiger partial charge in [-0.25, -0.2) is 0 Å². The zero-order valence-corrected chi connectivity index (χ0v) is 21.2. The molecule has 1 aromatic heterocycles. The molecule has 5 nitrogen and oxygen atoms in total. The van der Waals surface area contributed by atoms with Gasteiger partial charge in [-0.3, -0.25) is 4.79 Å². The van der Waals surface area contributed by atoms with E-state index in [0.717, 1.165) is 35.3 Å². The van der Waals surface area contributed by atoms with Gasteiger partial charge in [0.1, 0.15) is 29.6 Å². The molecule has 4 aromatic rings. The zero-order chi connectivity index (χ0) is 25.1. The number of rotatable bonds is 9. The number of nitrogens with zero attached hydrogens (tertiary/aromatic N) is 1. The minimum absolute atomic E-state index is 0.243. The van der Waals surface area contributed by atoms with Crippen LogP contribution in [-0.2, 0) is 11.4 Å². The largest absolute Gasteiger partial charge is 0.489 e. The summed E-state index contributed by atoms with van der Waals surface area (Å²) in [5, 5.41) is 5.85. The number of aromatic nitrogens is 1. The molecule has 1 aliphatic carbocycles. The fourth-order valence-corrected chi connectivity index (χ4v) is 4.65. The van der Waals surface area contributed by atoms with Crippen molar-refractivity contribution in [1.82, 2.24) is 5.16 Å². The molecule has 1 heterocycles. The van der Waals surface area contributed by atoms with Gasteiger partial charge in [0.05, 0.1) is 20.6 Å². The average molecular weight is 541 g/mol. The Labute approximate surface area is 223 Å². The van der Waals surface area contributed by atoms with E-state index in [2.05, 4.69) is 5.16 Å². The van der Waals surface area contributed by atoms with Crippen molar-refractivity contribution in [2.75, 3.05) is 0 Å². The summed E-state index contributed by atoms with van der Waals surface area (Å²) in [4.78, 5) is 10.4. The van der Waals surface area contributed by atoms with Crippen LogP contribution in [0, 0.1) is 0 Å². The van der Waals surface area contributed by atoms with Crippen LogP contribution in [0.25, 0.3) is 23.4 Å². The van der Waals surface area contributed by atoms with Crippen LogP contribution >= 0.6 is 34.8 Å². The Bertz CT molecular complexity index is 1410. The lowest BCUT2D eigenvalue weighted by atomic mass is 10.0. The lowest BCUT2D eigenvalue weighted by molar-refractivity contribution is -0.120. The molecule has 0 amide bonds. The molecule has 0 bridgehead atoms. The minimum Gasteiger partial charge on any atom is -0.489 e. The van der Waals surface area contributed by atoms with E-state index in [4.69, 9.17) is 48.8 Å². The Morgan fingerprint density at radius 1 is 0.917 bits per heavy atom. The molecule has 3 aromatic carbocycles. The molecule has 1 fully saturated rings. The van der Waals surface area contributed by atoms with Crippen molar-refractivity contribution >= 4 is 53.4 Å². The molecule has 0 atom stereocenters. The van der Waals surface area contributed by atoms with Crippen LogP contribution in [-0.4, -0.2) is 11.6 Å². The van der Waals surface area contributed by atoms with Crippen molar-refractivity contribution in [1.29, 1.82) is 0 Å². The Hall–Kier alpha value is -3.25. The van der Waals surface area contributed by atoms with Crippen molar-refractivity contribution in [3.8, 4) is 22.8 Å². The van der Waals surface area contributed by atoms with E-state index in [9.17, 15) is 4.79 Å². The average Bonchev–Trinajstić information content (AvgIpc) is 3.63. The number of ether oxygens (including phenoxy) is 2. The third-order valence-electron chi connectivity index (χ3n) is 5.84. The summed E-state index contributed by atoms with van der Waals surface area (Å²) in [7, 11) is 0. The summed E-state index contributed by atoms with van der Waals surface area (Å²) in [5.41, 5.74) is 3.86. The number of hydrogen-bond acceptors (Lipinski definition) is 5. The molecule has 0 unspecified atom stereocenters. The second-order valence-corrected chi connectivity index (χ2v) is 9.55. The summed E-state index contributed by atoms with van der Waals surface area (Å²) in [6.45, 7) is 0.643. The first-order valence-corrected chi connectivity index (χ1v) is 12.4. The summed E-state index contributed by atoms with van der Waals surface area (Å²) in [6, 6.07) is 18.0. The monoisotopic (exact) mass is 539 g/mol. The quantitative estimate of drug-likeness (QED) is 0.157. The predicted octanol–water partition coefficient (Wildman–Crippen LogP) is 8.46. The molecule has 1 saturated carbocycles. The van der Waals surface area contributed by atoms with E-state index in [-0.39, 0.29) is 6.61 Å². The molecule has 0 aliphatic heterocycles. The van der Waals surface area contributed by atoms with Gasteiger partial charge in [0, 0.05) is 11.5 Å². The molecule has 0 saturated heterocycles. The molecular weight excluding hydrogens is 521 g/mol. The maximum atomic E-state index is 10.4. The normalized spacial score (nSPS) is 13.2. The highest BCUT2D eigenvalue weighted by atomic mass is 35.5. The third-order valence-corrected chi connectivity index (χ3v) is 6.80. The Morgan fingerprint density at radius 2 is 1.64 bits per heavy atom. The lowest BCUT2D eigenvalue weighted by Crippen LogP contribution is -2.00. The minimum atomic E-state index is 0.243. The van der Waals surface area contributed by atoms with Crippen molar-refractivity contribution in [2.45, 2.75) is 25.4 Å². The highest BCUT2D eigenvalue weighted by molar-refractivity contribution is 6.39. The van der Waals surface area contributed by atoms with Crippen LogP contribution in [0.1, 0.15) is 41.2 Å². The van der Waals surface area contributed by atoms with Gasteiger partial charge < -0.3 is 14.0 Å². The molecule has 1 aliphatic rings. The first-order chi connectivity index (χ1) is 17.5. The molecule has 8 heteroatoms. The maximum Gasteiger partial charge on any atom is 0.298 e. The van der Waals surface area contributed by atoms with E-state index in [1.807, 2.05) is 36.4 Å². The van der Waals surface area contributed by atoms with Crippen LogP contribution in [0.5, 0.6) is 11.5 Å². The van der Waals surface area contributed by atoms with Gasteiger partial charge in [0.15, 0.2) is 0 Å². The maximum absolute atomic E-state index is 10.4. The van der Waals surface area contributed by atoms with Crippen LogP contribution in [0.15, 0.2) is 65.2 Å². The number of carbonyl (C=O) groups excluding carboxylic acids is 1. The van der Waals surface area contributed by atoms with Gasteiger partial charge in [-0.15, -0.1) is 0 Å². The molecule has 0 N–H and O–H groups in total. The van der Waals surface area contributed by atoms with Gasteiger partial charge in [0.25, 0.3) is 6.47 Å². The second kappa shape index (κ2) is 10.8. The van der Waals surface area contributed by atoms with E-state index >= 15 is 0 Å². The van der Waals surface area contributed by atoms with Crippen LogP contribution in [0.3, 0.4) is 0 Å². The SMILES string of the molecule is O=COc1ccc(/C=C/c2ccc(OCc3c(-c4c(Cl)cccc4Cl)noc3C3CC3)cc2Cl)cc1. The summed E-state index contributed by atoms with van der Waals surface area (Å²) in [5.74, 6) is 2.25. The van der Waals surface area contributed by atoms with Crippen LogP contribution in [0.4, 0.5) is 0 Å². The number of carbonyl (C=O) groups is 1. The third kappa shape index (κ3) is 5.44. The fraction of sp³-hybridized carbons (Fsp3) is 0.143. The van der Waals surface area contributed by atoms with E-state index in [1.165, 1.54) is 0 Å². The highest BCUT2D eigenvalue weighted by Gasteiger charge is 2.33. The van der Waals surface area contributed by atoms with Gasteiger partial charge in [0.2, 0.25) is 0 Å². The summed E-state index contributed by atoms with van der Waals surface area (Å²) in [6.07, 6.45) is 5.94. The molecule has 0 radical (unpaired) electrons. The standard InChI is InChI=1S/C28H20Cl3NO4/c29-23-2-1-3-24(30)26(23)27-22(28(36-32-27)19-8-9-19)15-34-21-13-10-18(25(31)14-21)7-4-17-5-11-20(12-6-17)35-16-33/h1-7,10-14,16,19H,8-9,15H2/b7-4+. The number of hydrogen-bond donors (Lipinski definition) is 0. The van der Waals surface area contributed by atoms with Gasteiger partial charge in [-0.2, -0.15) is 0 Å². The van der Waals surface area contributed by atoms with Gasteiger partial charge in [-0.1, -0.05) is 70.3 Å².